The largest absolute Gasteiger partial charge is 0.276 e. The molecule has 1 aromatic rings. The van der Waals surface area contributed by atoms with Crippen LogP contribution in [0.1, 0.15) is 0 Å². The molecule has 0 unspecified atom stereocenters. The van der Waals surface area contributed by atoms with Gasteiger partial charge in [0.1, 0.15) is 0 Å². The Balaban J connectivity index is 3.43. The lowest BCUT2D eigenvalue weighted by molar-refractivity contribution is -0.393. The molecule has 0 amide bonds. The Morgan fingerprint density at radius 3 is 2.00 bits per heavy atom. The van der Waals surface area contributed by atoms with Crippen molar-refractivity contribution in [3.63, 3.8) is 0 Å². The molecule has 0 radical (unpaired) electrons. The van der Waals surface area contributed by atoms with E-state index in [2.05, 4.69) is 0 Å². The molecule has 0 heterocycles. The van der Waals surface area contributed by atoms with E-state index in [-0.39, 0.29) is 11.4 Å². The lowest BCUT2D eigenvalue weighted by Gasteiger charge is -2.15. The van der Waals surface area contributed by atoms with E-state index in [0.717, 1.165) is 6.07 Å². The first kappa shape index (κ1) is 12.3. The maximum absolute atomic E-state index is 10.8. The van der Waals surface area contributed by atoms with Crippen LogP contribution < -0.4 is 5.19 Å². The van der Waals surface area contributed by atoms with Crippen molar-refractivity contribution < 1.29 is 9.85 Å². The molecule has 1 rings (SSSR count). The van der Waals surface area contributed by atoms with E-state index in [1.54, 1.807) is 0 Å². The average Bonchev–Trinajstić information content (AvgIpc) is 2.15. The molecule has 0 aliphatic carbocycles. The van der Waals surface area contributed by atoms with Crippen LogP contribution in [0.3, 0.4) is 0 Å². The van der Waals surface area contributed by atoms with Crippen LogP contribution in [-0.2, 0) is 0 Å². The zero-order chi connectivity index (χ0) is 12.5. The lowest BCUT2D eigenvalue weighted by atomic mass is 10.3. The molecular weight excluding hydrogens is 228 g/mol. The summed E-state index contributed by atoms with van der Waals surface area (Å²) in [6.07, 6.45) is 0. The maximum atomic E-state index is 10.8. The molecule has 0 saturated heterocycles. The van der Waals surface area contributed by atoms with Gasteiger partial charge < -0.3 is 0 Å². The van der Waals surface area contributed by atoms with Crippen LogP contribution in [0.2, 0.25) is 19.6 Å². The standard InChI is InChI=1S/C9H12N2O4Si/c1-16(2,3)9-5-4-7(10(12)13)6-8(9)11(14)15/h4-6H,1-3H3. The minimum atomic E-state index is -1.86. The smallest absolute Gasteiger partial charge is 0.258 e. The number of non-ortho nitro benzene ring substituents is 1. The summed E-state index contributed by atoms with van der Waals surface area (Å²) in [6, 6.07) is 3.86. The summed E-state index contributed by atoms with van der Waals surface area (Å²) in [5.41, 5.74) is -0.387. The van der Waals surface area contributed by atoms with Gasteiger partial charge in [-0.2, -0.15) is 0 Å². The third-order valence-electron chi connectivity index (χ3n) is 2.20. The topological polar surface area (TPSA) is 86.3 Å². The summed E-state index contributed by atoms with van der Waals surface area (Å²) in [5, 5.41) is 22.0. The number of nitrogens with zero attached hydrogens (tertiary/aromatic N) is 2. The van der Waals surface area contributed by atoms with Crippen molar-refractivity contribution in [2.24, 2.45) is 0 Å². The van der Waals surface area contributed by atoms with Crippen molar-refractivity contribution in [3.05, 3.63) is 38.4 Å². The first-order valence-corrected chi connectivity index (χ1v) is 8.17. The SMILES string of the molecule is C[Si](C)(C)c1ccc([N+](=O)[O-])cc1[N+](=O)[O-]. The van der Waals surface area contributed by atoms with Gasteiger partial charge in [-0.3, -0.25) is 20.2 Å². The Kier molecular flexibility index (Phi) is 3.08. The number of hydrogen-bond donors (Lipinski definition) is 0. The molecule has 16 heavy (non-hydrogen) atoms. The molecule has 1 aromatic carbocycles. The van der Waals surface area contributed by atoms with Crippen LogP contribution in [0.25, 0.3) is 0 Å². The van der Waals surface area contributed by atoms with E-state index in [4.69, 9.17) is 0 Å². The fourth-order valence-corrected chi connectivity index (χ4v) is 2.93. The molecule has 0 fully saturated rings. The predicted octanol–water partition coefficient (Wildman–Crippen LogP) is 2.05. The fourth-order valence-electron chi connectivity index (χ4n) is 1.42. The summed E-state index contributed by atoms with van der Waals surface area (Å²) in [4.78, 5) is 20.2. The van der Waals surface area contributed by atoms with Gasteiger partial charge in [-0.25, -0.2) is 0 Å². The maximum Gasteiger partial charge on any atom is 0.276 e. The van der Waals surface area contributed by atoms with Gasteiger partial charge in [0.05, 0.1) is 24.0 Å². The molecule has 0 saturated carbocycles. The highest BCUT2D eigenvalue weighted by Crippen LogP contribution is 2.20. The number of nitro benzene ring substituents is 2. The summed E-state index contributed by atoms with van der Waals surface area (Å²) in [5.74, 6) is 0. The van der Waals surface area contributed by atoms with Crippen LogP contribution in [0, 0.1) is 20.2 Å². The molecule has 0 aliphatic heterocycles. The highest BCUT2D eigenvalue weighted by molar-refractivity contribution is 6.89. The summed E-state index contributed by atoms with van der Waals surface area (Å²) in [6.45, 7) is 5.88. The predicted molar refractivity (Wildman–Crippen MR) is 62.7 cm³/mol. The van der Waals surface area contributed by atoms with Crippen molar-refractivity contribution in [3.8, 4) is 0 Å². The van der Waals surface area contributed by atoms with Gasteiger partial charge in [0.15, 0.2) is 0 Å². The fraction of sp³-hybridized carbons (Fsp3) is 0.333. The molecule has 0 aromatic heterocycles. The molecule has 0 spiro atoms. The molecule has 7 heteroatoms. The zero-order valence-corrected chi connectivity index (χ0v) is 10.3. The second kappa shape index (κ2) is 4.01. The van der Waals surface area contributed by atoms with E-state index < -0.39 is 17.9 Å². The number of benzene rings is 1. The van der Waals surface area contributed by atoms with Gasteiger partial charge >= 0.3 is 0 Å². The van der Waals surface area contributed by atoms with E-state index >= 15 is 0 Å². The zero-order valence-electron chi connectivity index (χ0n) is 9.26. The van der Waals surface area contributed by atoms with Crippen molar-refractivity contribution in [1.29, 1.82) is 0 Å². The first-order chi connectivity index (χ1) is 7.23. The average molecular weight is 240 g/mol. The first-order valence-electron chi connectivity index (χ1n) is 4.67. The summed E-state index contributed by atoms with van der Waals surface area (Å²) >= 11 is 0. The highest BCUT2D eigenvalue weighted by Gasteiger charge is 2.28. The molecular formula is C9H12N2O4Si. The Hall–Kier alpha value is -1.76. The number of nitro groups is 2. The van der Waals surface area contributed by atoms with Gasteiger partial charge in [-0.05, 0) is 6.07 Å². The van der Waals surface area contributed by atoms with Gasteiger partial charge in [-0.1, -0.05) is 19.6 Å². The van der Waals surface area contributed by atoms with E-state index in [9.17, 15) is 20.2 Å². The monoisotopic (exact) mass is 240 g/mol. The molecule has 86 valence electrons. The summed E-state index contributed by atoms with van der Waals surface area (Å²) in [7, 11) is -1.86. The van der Waals surface area contributed by atoms with Crippen LogP contribution in [0.5, 0.6) is 0 Å². The van der Waals surface area contributed by atoms with Gasteiger partial charge in [0.2, 0.25) is 0 Å². The molecule has 6 nitrogen and oxygen atoms in total. The molecule has 0 atom stereocenters. The van der Waals surface area contributed by atoms with Gasteiger partial charge in [0, 0.05) is 11.3 Å². The Labute approximate surface area is 93.2 Å². The van der Waals surface area contributed by atoms with Crippen LogP contribution in [0.15, 0.2) is 18.2 Å². The van der Waals surface area contributed by atoms with Crippen LogP contribution >= 0.6 is 0 Å². The van der Waals surface area contributed by atoms with Gasteiger partial charge in [-0.15, -0.1) is 0 Å². The van der Waals surface area contributed by atoms with E-state index in [0.29, 0.717) is 5.19 Å². The Bertz CT molecular complexity index is 453. The van der Waals surface area contributed by atoms with Crippen LogP contribution in [0.4, 0.5) is 11.4 Å². The second-order valence-electron chi connectivity index (χ2n) is 4.47. The number of rotatable bonds is 3. The number of hydrogen-bond acceptors (Lipinski definition) is 4. The summed E-state index contributed by atoms with van der Waals surface area (Å²) < 4.78 is 0. The highest BCUT2D eigenvalue weighted by atomic mass is 28.3. The van der Waals surface area contributed by atoms with E-state index in [1.165, 1.54) is 12.1 Å². The quantitative estimate of drug-likeness (QED) is 0.459. The lowest BCUT2D eigenvalue weighted by Crippen LogP contribution is -2.39. The van der Waals surface area contributed by atoms with Crippen molar-refractivity contribution in [2.45, 2.75) is 19.6 Å². The van der Waals surface area contributed by atoms with Crippen molar-refractivity contribution in [2.75, 3.05) is 0 Å². The minimum absolute atomic E-state index is 0.145. The van der Waals surface area contributed by atoms with Gasteiger partial charge in [0.25, 0.3) is 11.4 Å². The minimum Gasteiger partial charge on any atom is -0.258 e. The van der Waals surface area contributed by atoms with Crippen LogP contribution in [-0.4, -0.2) is 17.9 Å². The second-order valence-corrected chi connectivity index (χ2v) is 9.50. The Morgan fingerprint density at radius 2 is 1.62 bits per heavy atom. The normalized spacial score (nSPS) is 11.2. The molecule has 0 N–H and O–H groups in total. The third-order valence-corrected chi connectivity index (χ3v) is 4.24. The molecule has 0 aliphatic rings. The van der Waals surface area contributed by atoms with Crippen molar-refractivity contribution in [1.82, 2.24) is 0 Å². The van der Waals surface area contributed by atoms with Crippen molar-refractivity contribution >= 4 is 24.6 Å². The van der Waals surface area contributed by atoms with E-state index in [1.807, 2.05) is 19.6 Å². The third kappa shape index (κ3) is 2.43. The Morgan fingerprint density at radius 1 is 1.06 bits per heavy atom. The molecule has 0 bridgehead atoms.